The van der Waals surface area contributed by atoms with Crippen molar-refractivity contribution in [1.29, 1.82) is 0 Å². The number of carbonyl (C=O) groups is 1. The molecule has 2 rings (SSSR count). The summed E-state index contributed by atoms with van der Waals surface area (Å²) in [7, 11) is 0. The molecular weight excluding hydrogens is 268 g/mol. The van der Waals surface area contributed by atoms with E-state index >= 15 is 0 Å². The third-order valence-corrected chi connectivity index (χ3v) is 2.91. The number of ketones is 1. The lowest BCUT2D eigenvalue weighted by atomic mass is 10.0. The number of Topliss-reactive ketones (excluding diaryl/α,β-unsaturated/α-hetero) is 1. The average Bonchev–Trinajstić information content (AvgIpc) is 2.64. The van der Waals surface area contributed by atoms with Crippen molar-refractivity contribution in [2.45, 2.75) is 13.3 Å². The minimum atomic E-state index is 0.0874. The Bertz CT molecular complexity index is 514. The molecule has 0 saturated heterocycles. The second kappa shape index (κ2) is 4.66. The van der Waals surface area contributed by atoms with E-state index in [1.165, 1.54) is 0 Å². The second-order valence-electron chi connectivity index (χ2n) is 3.62. The van der Waals surface area contributed by atoms with Crippen LogP contribution in [0.5, 0.6) is 0 Å². The topological polar surface area (TPSA) is 30.2 Å². The molecule has 0 atom stereocenters. The third kappa shape index (κ3) is 2.42. The van der Waals surface area contributed by atoms with Crippen LogP contribution in [0, 0.1) is 6.92 Å². The number of carbonyl (C=O) groups excluding carboxylic acids is 1. The molecule has 0 aliphatic carbocycles. The highest BCUT2D eigenvalue weighted by atomic mass is 79.9. The van der Waals surface area contributed by atoms with Gasteiger partial charge in [0.15, 0.2) is 5.78 Å². The molecule has 0 bridgehead atoms. The fourth-order valence-electron chi connectivity index (χ4n) is 1.60. The Balaban J connectivity index is 2.17. The van der Waals surface area contributed by atoms with E-state index in [0.29, 0.717) is 17.7 Å². The predicted molar refractivity (Wildman–Crippen MR) is 65.6 cm³/mol. The van der Waals surface area contributed by atoms with Gasteiger partial charge in [0.05, 0.1) is 11.8 Å². The molecule has 0 fully saturated rings. The number of halogens is 1. The van der Waals surface area contributed by atoms with Gasteiger partial charge in [-0.25, -0.2) is 0 Å². The monoisotopic (exact) mass is 278 g/mol. The van der Waals surface area contributed by atoms with E-state index in [-0.39, 0.29) is 5.78 Å². The number of hydrogen-bond acceptors (Lipinski definition) is 2. The first-order valence-electron chi connectivity index (χ1n) is 4.98. The van der Waals surface area contributed by atoms with Gasteiger partial charge in [-0.3, -0.25) is 4.79 Å². The number of hydrogen-bond donors (Lipinski definition) is 0. The SMILES string of the molecule is Cc1occc1C(=O)Cc1cccc(Br)c1. The lowest BCUT2D eigenvalue weighted by molar-refractivity contribution is 0.0991. The summed E-state index contributed by atoms with van der Waals surface area (Å²) >= 11 is 3.39. The molecule has 82 valence electrons. The molecule has 1 aromatic carbocycles. The van der Waals surface area contributed by atoms with E-state index in [4.69, 9.17) is 4.42 Å². The Kier molecular flexibility index (Phi) is 3.25. The Morgan fingerprint density at radius 2 is 2.19 bits per heavy atom. The number of furan rings is 1. The zero-order chi connectivity index (χ0) is 11.5. The Morgan fingerprint density at radius 3 is 2.81 bits per heavy atom. The highest BCUT2D eigenvalue weighted by Crippen LogP contribution is 2.16. The first kappa shape index (κ1) is 11.1. The summed E-state index contributed by atoms with van der Waals surface area (Å²) in [6.07, 6.45) is 1.95. The first-order chi connectivity index (χ1) is 7.66. The Hall–Kier alpha value is -1.35. The van der Waals surface area contributed by atoms with E-state index < -0.39 is 0 Å². The molecule has 1 heterocycles. The van der Waals surface area contributed by atoms with Crippen LogP contribution >= 0.6 is 15.9 Å². The van der Waals surface area contributed by atoms with Crippen LogP contribution in [0.4, 0.5) is 0 Å². The first-order valence-corrected chi connectivity index (χ1v) is 5.78. The van der Waals surface area contributed by atoms with Crippen LogP contribution in [-0.4, -0.2) is 5.78 Å². The molecule has 0 unspecified atom stereocenters. The Morgan fingerprint density at radius 1 is 1.38 bits per heavy atom. The number of rotatable bonds is 3. The number of aryl methyl sites for hydroxylation is 1. The lowest BCUT2D eigenvalue weighted by Crippen LogP contribution is -2.03. The van der Waals surface area contributed by atoms with Gasteiger partial charge in [-0.15, -0.1) is 0 Å². The maximum Gasteiger partial charge on any atom is 0.170 e. The van der Waals surface area contributed by atoms with Crippen molar-refractivity contribution in [2.24, 2.45) is 0 Å². The second-order valence-corrected chi connectivity index (χ2v) is 4.54. The molecule has 3 heteroatoms. The predicted octanol–water partition coefficient (Wildman–Crippen LogP) is 3.78. The Labute approximate surface area is 102 Å². The molecule has 0 saturated carbocycles. The van der Waals surface area contributed by atoms with Crippen LogP contribution < -0.4 is 0 Å². The van der Waals surface area contributed by atoms with Gasteiger partial charge in [-0.05, 0) is 30.7 Å². The maximum atomic E-state index is 11.9. The number of benzene rings is 1. The summed E-state index contributed by atoms with van der Waals surface area (Å²) in [5.74, 6) is 0.768. The molecule has 16 heavy (non-hydrogen) atoms. The van der Waals surface area contributed by atoms with E-state index in [2.05, 4.69) is 15.9 Å². The zero-order valence-corrected chi connectivity index (χ0v) is 10.5. The average molecular weight is 279 g/mol. The summed E-state index contributed by atoms with van der Waals surface area (Å²) in [6.45, 7) is 1.80. The van der Waals surface area contributed by atoms with Gasteiger partial charge in [0.25, 0.3) is 0 Å². The van der Waals surface area contributed by atoms with Crippen molar-refractivity contribution in [1.82, 2.24) is 0 Å². The van der Waals surface area contributed by atoms with Crippen LogP contribution in [0.25, 0.3) is 0 Å². The highest BCUT2D eigenvalue weighted by molar-refractivity contribution is 9.10. The van der Waals surface area contributed by atoms with E-state index in [0.717, 1.165) is 10.0 Å². The standard InChI is InChI=1S/C13H11BrO2/c1-9-12(5-6-16-9)13(15)8-10-3-2-4-11(14)7-10/h2-7H,8H2,1H3. The van der Waals surface area contributed by atoms with Gasteiger partial charge >= 0.3 is 0 Å². The van der Waals surface area contributed by atoms with Crippen LogP contribution in [0.1, 0.15) is 21.7 Å². The molecule has 0 radical (unpaired) electrons. The molecular formula is C13H11BrO2. The summed E-state index contributed by atoms with van der Waals surface area (Å²) in [6, 6.07) is 9.48. The molecule has 0 N–H and O–H groups in total. The lowest BCUT2D eigenvalue weighted by Gasteiger charge is -2.00. The van der Waals surface area contributed by atoms with Gasteiger partial charge in [0, 0.05) is 10.9 Å². The van der Waals surface area contributed by atoms with Crippen molar-refractivity contribution < 1.29 is 9.21 Å². The molecule has 2 aromatic rings. The largest absolute Gasteiger partial charge is 0.469 e. The minimum absolute atomic E-state index is 0.0874. The van der Waals surface area contributed by atoms with Gasteiger partial charge in [0.1, 0.15) is 5.76 Å². The quantitative estimate of drug-likeness (QED) is 0.800. The van der Waals surface area contributed by atoms with E-state index in [9.17, 15) is 4.79 Å². The third-order valence-electron chi connectivity index (χ3n) is 2.41. The summed E-state index contributed by atoms with van der Waals surface area (Å²) in [4.78, 5) is 11.9. The van der Waals surface area contributed by atoms with Crippen LogP contribution in [-0.2, 0) is 6.42 Å². The normalized spacial score (nSPS) is 10.4. The fraction of sp³-hybridized carbons (Fsp3) is 0.154. The van der Waals surface area contributed by atoms with Crippen molar-refractivity contribution >= 4 is 21.7 Å². The van der Waals surface area contributed by atoms with Crippen molar-refractivity contribution in [2.75, 3.05) is 0 Å². The van der Waals surface area contributed by atoms with Gasteiger partial charge in [-0.1, -0.05) is 28.1 Å². The molecule has 0 aliphatic heterocycles. The molecule has 0 spiro atoms. The smallest absolute Gasteiger partial charge is 0.170 e. The zero-order valence-electron chi connectivity index (χ0n) is 8.87. The van der Waals surface area contributed by atoms with E-state index in [1.54, 1.807) is 19.3 Å². The molecule has 0 amide bonds. The minimum Gasteiger partial charge on any atom is -0.469 e. The van der Waals surface area contributed by atoms with Crippen LogP contribution in [0.2, 0.25) is 0 Å². The summed E-state index contributed by atoms with van der Waals surface area (Å²) in [5.41, 5.74) is 1.67. The van der Waals surface area contributed by atoms with Crippen molar-refractivity contribution in [3.63, 3.8) is 0 Å². The van der Waals surface area contributed by atoms with Crippen LogP contribution in [0.3, 0.4) is 0 Å². The molecule has 1 aromatic heterocycles. The molecule has 2 nitrogen and oxygen atoms in total. The van der Waals surface area contributed by atoms with Gasteiger partial charge in [-0.2, -0.15) is 0 Å². The van der Waals surface area contributed by atoms with Gasteiger partial charge in [0.2, 0.25) is 0 Å². The van der Waals surface area contributed by atoms with Crippen LogP contribution in [0.15, 0.2) is 45.5 Å². The highest BCUT2D eigenvalue weighted by Gasteiger charge is 2.11. The molecule has 0 aliphatic rings. The van der Waals surface area contributed by atoms with Crippen molar-refractivity contribution in [3.05, 3.63) is 58.0 Å². The van der Waals surface area contributed by atoms with Crippen molar-refractivity contribution in [3.8, 4) is 0 Å². The van der Waals surface area contributed by atoms with Gasteiger partial charge < -0.3 is 4.42 Å². The fourth-order valence-corrected chi connectivity index (χ4v) is 2.05. The maximum absolute atomic E-state index is 11.9. The van der Waals surface area contributed by atoms with E-state index in [1.807, 2.05) is 24.3 Å². The summed E-state index contributed by atoms with van der Waals surface area (Å²) < 4.78 is 6.10. The summed E-state index contributed by atoms with van der Waals surface area (Å²) in [5, 5.41) is 0.